The molecule has 2 heterocycles. The van der Waals surface area contributed by atoms with Crippen molar-refractivity contribution in [3.8, 4) is 5.88 Å². The van der Waals surface area contributed by atoms with Crippen molar-refractivity contribution in [3.63, 3.8) is 0 Å². The number of hydrogen-bond donors (Lipinski definition) is 1. The number of aromatic nitrogens is 2. The predicted molar refractivity (Wildman–Crippen MR) is 111 cm³/mol. The molecular formula is C21H21ClN4O2. The van der Waals surface area contributed by atoms with E-state index in [2.05, 4.69) is 15.2 Å². The molecule has 0 spiro atoms. The molecule has 6 nitrogen and oxygen atoms in total. The van der Waals surface area contributed by atoms with Crippen LogP contribution in [0.3, 0.4) is 0 Å². The molecule has 0 unspecified atom stereocenters. The molecule has 1 atom stereocenters. The maximum atomic E-state index is 12.8. The molecule has 0 radical (unpaired) electrons. The summed E-state index contributed by atoms with van der Waals surface area (Å²) in [6.07, 6.45) is 1.72. The van der Waals surface area contributed by atoms with Crippen LogP contribution < -0.4 is 15.0 Å². The topological polar surface area (TPSA) is 67.4 Å². The molecule has 144 valence electrons. The molecule has 2 aromatic carbocycles. The first-order valence-corrected chi connectivity index (χ1v) is 9.64. The molecule has 0 aliphatic carbocycles. The number of rotatable bonds is 4. The molecule has 0 bridgehead atoms. The Morgan fingerprint density at radius 1 is 1.18 bits per heavy atom. The third-order valence-corrected chi connectivity index (χ3v) is 5.13. The summed E-state index contributed by atoms with van der Waals surface area (Å²) in [6.45, 7) is 1.38. The van der Waals surface area contributed by atoms with E-state index in [1.165, 1.54) is 0 Å². The number of para-hydroxylation sites is 2. The largest absolute Gasteiger partial charge is 0.478 e. The van der Waals surface area contributed by atoms with Gasteiger partial charge in [0.1, 0.15) is 0 Å². The van der Waals surface area contributed by atoms with Crippen LogP contribution in [-0.4, -0.2) is 36.1 Å². The van der Waals surface area contributed by atoms with E-state index in [1.807, 2.05) is 36.4 Å². The molecule has 1 aromatic heterocycles. The first kappa shape index (κ1) is 18.5. The second-order valence-electron chi connectivity index (χ2n) is 6.83. The Morgan fingerprint density at radius 2 is 1.96 bits per heavy atom. The fourth-order valence-electron chi connectivity index (χ4n) is 3.51. The summed E-state index contributed by atoms with van der Waals surface area (Å²) in [5, 5.41) is 3.56. The zero-order valence-electron chi connectivity index (χ0n) is 15.6. The van der Waals surface area contributed by atoms with Gasteiger partial charge in [-0.1, -0.05) is 29.8 Å². The molecule has 1 amide bonds. The zero-order valence-corrected chi connectivity index (χ0v) is 16.3. The van der Waals surface area contributed by atoms with Gasteiger partial charge < -0.3 is 15.0 Å². The normalized spacial score (nSPS) is 16.8. The Morgan fingerprint density at radius 3 is 2.71 bits per heavy atom. The number of carbonyl (C=O) groups excluding carboxylic acids is 1. The fourth-order valence-corrected chi connectivity index (χ4v) is 3.70. The summed E-state index contributed by atoms with van der Waals surface area (Å²) in [4.78, 5) is 24.2. The summed E-state index contributed by atoms with van der Waals surface area (Å²) in [6, 6.07) is 14.9. The second-order valence-corrected chi connectivity index (χ2v) is 7.27. The fraction of sp³-hybridized carbons (Fsp3) is 0.286. The van der Waals surface area contributed by atoms with E-state index in [0.29, 0.717) is 29.0 Å². The minimum atomic E-state index is -0.147. The molecule has 1 aliphatic rings. The van der Waals surface area contributed by atoms with Crippen molar-refractivity contribution in [2.75, 3.05) is 30.4 Å². The van der Waals surface area contributed by atoms with E-state index >= 15 is 0 Å². The van der Waals surface area contributed by atoms with Crippen molar-refractivity contribution in [2.45, 2.75) is 12.8 Å². The zero-order chi connectivity index (χ0) is 19.5. The van der Waals surface area contributed by atoms with E-state index in [1.54, 1.807) is 19.2 Å². The standard InChI is InChI=1S/C21H21ClN4O2/c1-28-21-19(24-17-9-2-3-10-18(17)25-21)26-11-5-6-14(13-26)20(27)23-16-8-4-7-15(22)12-16/h2-4,7-10,12,14H,5-6,11,13H2,1H3,(H,23,27)/t14-/m1/s1. The van der Waals surface area contributed by atoms with Gasteiger partial charge in [0.25, 0.3) is 5.88 Å². The second kappa shape index (κ2) is 8.02. The first-order chi connectivity index (χ1) is 13.6. The number of carbonyl (C=O) groups is 1. The number of methoxy groups -OCH3 is 1. The number of benzene rings is 2. The number of nitrogens with one attached hydrogen (secondary N) is 1. The third kappa shape index (κ3) is 3.87. The maximum Gasteiger partial charge on any atom is 0.257 e. The maximum absolute atomic E-state index is 12.8. The van der Waals surface area contributed by atoms with E-state index < -0.39 is 0 Å². The van der Waals surface area contributed by atoms with Gasteiger partial charge in [0.2, 0.25) is 5.91 Å². The molecule has 4 rings (SSSR count). The highest BCUT2D eigenvalue weighted by atomic mass is 35.5. The number of nitrogens with zero attached hydrogens (tertiary/aromatic N) is 3. The van der Waals surface area contributed by atoms with Crippen LogP contribution in [-0.2, 0) is 4.79 Å². The average Bonchev–Trinajstić information content (AvgIpc) is 2.73. The van der Waals surface area contributed by atoms with E-state index in [4.69, 9.17) is 21.3 Å². The lowest BCUT2D eigenvalue weighted by atomic mass is 9.97. The summed E-state index contributed by atoms with van der Waals surface area (Å²) in [7, 11) is 1.59. The van der Waals surface area contributed by atoms with Crippen LogP contribution in [0.4, 0.5) is 11.5 Å². The van der Waals surface area contributed by atoms with Crippen LogP contribution in [0.1, 0.15) is 12.8 Å². The lowest BCUT2D eigenvalue weighted by Crippen LogP contribution is -2.41. The predicted octanol–water partition coefficient (Wildman–Crippen LogP) is 4.15. The molecular weight excluding hydrogens is 376 g/mol. The monoisotopic (exact) mass is 396 g/mol. The van der Waals surface area contributed by atoms with Crippen molar-refractivity contribution in [1.82, 2.24) is 9.97 Å². The van der Waals surface area contributed by atoms with Crippen molar-refractivity contribution in [1.29, 1.82) is 0 Å². The Balaban J connectivity index is 1.55. The van der Waals surface area contributed by atoms with Crippen molar-refractivity contribution < 1.29 is 9.53 Å². The minimum Gasteiger partial charge on any atom is -0.478 e. The Bertz CT molecular complexity index is 1010. The van der Waals surface area contributed by atoms with Crippen LogP contribution in [0.2, 0.25) is 5.02 Å². The minimum absolute atomic E-state index is 0.0142. The van der Waals surface area contributed by atoms with Crippen LogP contribution >= 0.6 is 11.6 Å². The molecule has 0 saturated carbocycles. The molecule has 1 N–H and O–H groups in total. The third-order valence-electron chi connectivity index (χ3n) is 4.90. The summed E-state index contributed by atoms with van der Waals surface area (Å²) >= 11 is 6.01. The van der Waals surface area contributed by atoms with Gasteiger partial charge in [-0.3, -0.25) is 4.79 Å². The number of fused-ring (bicyclic) bond motifs is 1. The van der Waals surface area contributed by atoms with E-state index in [-0.39, 0.29) is 11.8 Å². The number of hydrogen-bond acceptors (Lipinski definition) is 5. The van der Waals surface area contributed by atoms with Gasteiger partial charge in [-0.25, -0.2) is 9.97 Å². The van der Waals surface area contributed by atoms with Crippen molar-refractivity contribution in [2.24, 2.45) is 5.92 Å². The van der Waals surface area contributed by atoms with Crippen molar-refractivity contribution >= 4 is 40.0 Å². The molecule has 1 aliphatic heterocycles. The van der Waals surface area contributed by atoms with E-state index in [0.717, 1.165) is 30.4 Å². The summed E-state index contributed by atoms with van der Waals surface area (Å²) < 4.78 is 5.48. The quantitative estimate of drug-likeness (QED) is 0.717. The highest BCUT2D eigenvalue weighted by molar-refractivity contribution is 6.30. The van der Waals surface area contributed by atoms with Crippen molar-refractivity contribution in [3.05, 3.63) is 53.6 Å². The average molecular weight is 397 g/mol. The van der Waals surface area contributed by atoms with Gasteiger partial charge in [0, 0.05) is 23.8 Å². The summed E-state index contributed by atoms with van der Waals surface area (Å²) in [5.41, 5.74) is 2.30. The Hall–Kier alpha value is -2.86. The van der Waals surface area contributed by atoms with Gasteiger partial charge in [-0.15, -0.1) is 0 Å². The SMILES string of the molecule is COc1nc2ccccc2nc1N1CCC[C@@H](C(=O)Nc2cccc(Cl)c2)C1. The number of halogens is 1. The molecule has 7 heteroatoms. The number of anilines is 2. The van der Waals surface area contributed by atoms with Gasteiger partial charge in [-0.05, 0) is 43.2 Å². The lowest BCUT2D eigenvalue weighted by molar-refractivity contribution is -0.120. The highest BCUT2D eigenvalue weighted by Gasteiger charge is 2.29. The number of ether oxygens (including phenoxy) is 1. The van der Waals surface area contributed by atoms with Crippen LogP contribution in [0.25, 0.3) is 11.0 Å². The number of piperidine rings is 1. The van der Waals surface area contributed by atoms with E-state index in [9.17, 15) is 4.79 Å². The van der Waals surface area contributed by atoms with Gasteiger partial charge >= 0.3 is 0 Å². The molecule has 1 fully saturated rings. The number of amides is 1. The van der Waals surface area contributed by atoms with Crippen LogP contribution in [0.15, 0.2) is 48.5 Å². The highest BCUT2D eigenvalue weighted by Crippen LogP contribution is 2.30. The Kier molecular flexibility index (Phi) is 5.30. The Labute approximate surface area is 168 Å². The van der Waals surface area contributed by atoms with Gasteiger partial charge in [0.05, 0.1) is 24.1 Å². The van der Waals surface area contributed by atoms with Gasteiger partial charge in [0.15, 0.2) is 5.82 Å². The van der Waals surface area contributed by atoms with Crippen LogP contribution in [0.5, 0.6) is 5.88 Å². The molecule has 28 heavy (non-hydrogen) atoms. The van der Waals surface area contributed by atoms with Crippen LogP contribution in [0, 0.1) is 5.92 Å². The first-order valence-electron chi connectivity index (χ1n) is 9.26. The molecule has 1 saturated heterocycles. The smallest absolute Gasteiger partial charge is 0.257 e. The van der Waals surface area contributed by atoms with Gasteiger partial charge in [-0.2, -0.15) is 0 Å². The lowest BCUT2D eigenvalue weighted by Gasteiger charge is -2.33. The molecule has 3 aromatic rings. The summed E-state index contributed by atoms with van der Waals surface area (Å²) in [5.74, 6) is 1.00.